The van der Waals surface area contributed by atoms with Crippen molar-refractivity contribution in [1.82, 2.24) is 15.0 Å². The van der Waals surface area contributed by atoms with Crippen LogP contribution in [0.2, 0.25) is 0 Å². The summed E-state index contributed by atoms with van der Waals surface area (Å²) in [6, 6.07) is 12.6. The van der Waals surface area contributed by atoms with Crippen LogP contribution in [0.15, 0.2) is 51.7 Å². The zero-order chi connectivity index (χ0) is 17.1. The highest BCUT2D eigenvalue weighted by atomic mass is 79.9. The number of nitrogens with one attached hydrogen (secondary N) is 1. The third kappa shape index (κ3) is 3.51. The highest BCUT2D eigenvalue weighted by molar-refractivity contribution is 9.10. The molecule has 0 aliphatic heterocycles. The fourth-order valence-corrected chi connectivity index (χ4v) is 2.57. The molecule has 0 spiro atoms. The van der Waals surface area contributed by atoms with Crippen LogP contribution >= 0.6 is 15.9 Å². The van der Waals surface area contributed by atoms with Crippen LogP contribution in [0.3, 0.4) is 0 Å². The number of aromatic nitrogens is 3. The van der Waals surface area contributed by atoms with E-state index in [0.29, 0.717) is 10.9 Å². The molecule has 0 fully saturated rings. The Morgan fingerprint density at radius 1 is 1.25 bits per heavy atom. The van der Waals surface area contributed by atoms with Crippen LogP contribution in [0, 0.1) is 6.92 Å². The van der Waals surface area contributed by atoms with E-state index < -0.39 is 0 Å². The Hall–Kier alpha value is -2.54. The largest absolute Gasteiger partial charge is 0.326 e. The zero-order valence-corrected chi connectivity index (χ0v) is 14.6. The predicted molar refractivity (Wildman–Crippen MR) is 95.9 cm³/mol. The number of anilines is 1. The summed E-state index contributed by atoms with van der Waals surface area (Å²) in [7, 11) is 0. The van der Waals surface area contributed by atoms with E-state index in [1.807, 2.05) is 25.1 Å². The zero-order valence-electron chi connectivity index (χ0n) is 13.0. The second-order valence-electron chi connectivity index (χ2n) is 5.40. The SMILES string of the molecule is Cc1cc(NC(=O)CCn2nnc3ccccc3c2=O)ccc1Br. The van der Waals surface area contributed by atoms with E-state index in [1.165, 1.54) is 4.68 Å². The smallest absolute Gasteiger partial charge is 0.277 e. The molecule has 0 atom stereocenters. The van der Waals surface area contributed by atoms with Crippen molar-refractivity contribution >= 4 is 38.4 Å². The van der Waals surface area contributed by atoms with Gasteiger partial charge in [0.25, 0.3) is 5.56 Å². The van der Waals surface area contributed by atoms with Crippen molar-refractivity contribution in [1.29, 1.82) is 0 Å². The van der Waals surface area contributed by atoms with Crippen molar-refractivity contribution < 1.29 is 4.79 Å². The fourth-order valence-electron chi connectivity index (χ4n) is 2.32. The molecule has 1 amide bonds. The van der Waals surface area contributed by atoms with E-state index in [-0.39, 0.29) is 24.4 Å². The number of carbonyl (C=O) groups excluding carboxylic acids is 1. The van der Waals surface area contributed by atoms with Crippen molar-refractivity contribution in [2.24, 2.45) is 0 Å². The standard InChI is InChI=1S/C17H15BrN4O2/c1-11-10-12(6-7-14(11)18)19-16(23)8-9-22-17(24)13-4-2-3-5-15(13)20-21-22/h2-7,10H,8-9H2,1H3,(H,19,23). The first-order valence-corrected chi connectivity index (χ1v) is 8.22. The number of carbonyl (C=O) groups is 1. The maximum absolute atomic E-state index is 12.3. The van der Waals surface area contributed by atoms with Crippen molar-refractivity contribution in [3.63, 3.8) is 0 Å². The summed E-state index contributed by atoms with van der Waals surface area (Å²) in [4.78, 5) is 24.4. The molecule has 1 heterocycles. The molecule has 0 aliphatic carbocycles. The molecule has 7 heteroatoms. The van der Waals surface area contributed by atoms with Crippen LogP contribution in [0.1, 0.15) is 12.0 Å². The molecule has 3 rings (SSSR count). The van der Waals surface area contributed by atoms with Crippen LogP contribution in [0.4, 0.5) is 5.69 Å². The van der Waals surface area contributed by atoms with Gasteiger partial charge in [-0.2, -0.15) is 0 Å². The quantitative estimate of drug-likeness (QED) is 0.747. The van der Waals surface area contributed by atoms with Crippen molar-refractivity contribution in [2.45, 2.75) is 19.9 Å². The Morgan fingerprint density at radius 2 is 2.04 bits per heavy atom. The van der Waals surface area contributed by atoms with Gasteiger partial charge in [0.05, 0.1) is 11.9 Å². The predicted octanol–water partition coefficient (Wildman–Crippen LogP) is 2.89. The number of hydrogen-bond donors (Lipinski definition) is 1. The molecule has 0 saturated heterocycles. The van der Waals surface area contributed by atoms with E-state index >= 15 is 0 Å². The number of hydrogen-bond acceptors (Lipinski definition) is 4. The van der Waals surface area contributed by atoms with Crippen LogP contribution < -0.4 is 10.9 Å². The Morgan fingerprint density at radius 3 is 2.83 bits per heavy atom. The fraction of sp³-hybridized carbons (Fsp3) is 0.176. The molecule has 24 heavy (non-hydrogen) atoms. The maximum atomic E-state index is 12.3. The molecule has 0 radical (unpaired) electrons. The summed E-state index contributed by atoms with van der Waals surface area (Å²) in [5, 5.41) is 11.2. The van der Waals surface area contributed by atoms with E-state index in [0.717, 1.165) is 15.7 Å². The van der Waals surface area contributed by atoms with Gasteiger partial charge in [-0.15, -0.1) is 5.10 Å². The van der Waals surface area contributed by atoms with E-state index in [1.54, 1.807) is 24.3 Å². The average molecular weight is 387 g/mol. The van der Waals surface area contributed by atoms with Crippen LogP contribution in [-0.4, -0.2) is 20.9 Å². The highest BCUT2D eigenvalue weighted by Gasteiger charge is 2.08. The van der Waals surface area contributed by atoms with E-state index in [9.17, 15) is 9.59 Å². The first kappa shape index (κ1) is 16.3. The van der Waals surface area contributed by atoms with Gasteiger partial charge in [-0.05, 0) is 42.8 Å². The molecular formula is C17H15BrN4O2. The Balaban J connectivity index is 1.69. The number of benzene rings is 2. The molecule has 3 aromatic rings. The molecule has 1 N–H and O–H groups in total. The van der Waals surface area contributed by atoms with Crippen molar-refractivity contribution in [3.8, 4) is 0 Å². The number of aryl methyl sites for hydroxylation is 2. The van der Waals surface area contributed by atoms with Crippen LogP contribution in [0.5, 0.6) is 0 Å². The highest BCUT2D eigenvalue weighted by Crippen LogP contribution is 2.20. The molecule has 0 aliphatic rings. The summed E-state index contributed by atoms with van der Waals surface area (Å²) < 4.78 is 2.20. The summed E-state index contributed by atoms with van der Waals surface area (Å²) in [6.07, 6.45) is 0.141. The Bertz CT molecular complexity index is 968. The minimum absolute atomic E-state index is 0.141. The summed E-state index contributed by atoms with van der Waals surface area (Å²) in [5.74, 6) is -0.182. The molecular weight excluding hydrogens is 372 g/mol. The van der Waals surface area contributed by atoms with Crippen LogP contribution in [-0.2, 0) is 11.3 Å². The topological polar surface area (TPSA) is 76.9 Å². The van der Waals surface area contributed by atoms with Gasteiger partial charge in [0.2, 0.25) is 5.91 Å². The molecule has 6 nitrogen and oxygen atoms in total. The minimum Gasteiger partial charge on any atom is -0.326 e. The van der Waals surface area contributed by atoms with Gasteiger partial charge in [-0.25, -0.2) is 4.68 Å². The van der Waals surface area contributed by atoms with Crippen LogP contribution in [0.25, 0.3) is 10.9 Å². The number of fused-ring (bicyclic) bond motifs is 1. The second-order valence-corrected chi connectivity index (χ2v) is 6.25. The molecule has 0 bridgehead atoms. The molecule has 0 saturated carbocycles. The van der Waals surface area contributed by atoms with E-state index in [2.05, 4.69) is 31.6 Å². The van der Waals surface area contributed by atoms with Gasteiger partial charge in [0.15, 0.2) is 0 Å². The van der Waals surface area contributed by atoms with Gasteiger partial charge in [-0.1, -0.05) is 33.3 Å². The molecule has 1 aromatic heterocycles. The minimum atomic E-state index is -0.243. The number of halogens is 1. The Kier molecular flexibility index (Phi) is 4.71. The van der Waals surface area contributed by atoms with Gasteiger partial charge in [-0.3, -0.25) is 9.59 Å². The van der Waals surface area contributed by atoms with Gasteiger partial charge in [0, 0.05) is 16.6 Å². The van der Waals surface area contributed by atoms with Gasteiger partial charge < -0.3 is 5.32 Å². The molecule has 122 valence electrons. The summed E-state index contributed by atoms with van der Waals surface area (Å²) in [6.45, 7) is 2.13. The third-order valence-electron chi connectivity index (χ3n) is 3.62. The summed E-state index contributed by atoms with van der Waals surface area (Å²) >= 11 is 3.42. The van der Waals surface area contributed by atoms with Crippen molar-refractivity contribution in [2.75, 3.05) is 5.32 Å². The van der Waals surface area contributed by atoms with Gasteiger partial charge in [0.1, 0.15) is 5.52 Å². The second kappa shape index (κ2) is 6.92. The lowest BCUT2D eigenvalue weighted by Crippen LogP contribution is -2.26. The monoisotopic (exact) mass is 386 g/mol. The Labute approximate surface area is 146 Å². The summed E-state index contributed by atoms with van der Waals surface area (Å²) in [5.41, 5.74) is 2.06. The number of amides is 1. The molecule has 2 aromatic carbocycles. The lowest BCUT2D eigenvalue weighted by Gasteiger charge is -2.08. The average Bonchev–Trinajstić information content (AvgIpc) is 2.58. The first-order valence-electron chi connectivity index (χ1n) is 7.43. The van der Waals surface area contributed by atoms with Gasteiger partial charge >= 0.3 is 0 Å². The first-order chi connectivity index (χ1) is 11.5. The number of rotatable bonds is 4. The third-order valence-corrected chi connectivity index (χ3v) is 4.51. The molecule has 0 unspecified atom stereocenters. The normalized spacial score (nSPS) is 10.8. The van der Waals surface area contributed by atoms with Crippen molar-refractivity contribution in [3.05, 3.63) is 62.9 Å². The number of nitrogens with zero attached hydrogens (tertiary/aromatic N) is 3. The van der Waals surface area contributed by atoms with E-state index in [4.69, 9.17) is 0 Å². The lowest BCUT2D eigenvalue weighted by atomic mass is 10.2. The maximum Gasteiger partial charge on any atom is 0.277 e. The lowest BCUT2D eigenvalue weighted by molar-refractivity contribution is -0.116.